The summed E-state index contributed by atoms with van der Waals surface area (Å²) in [5.74, 6) is 2.14. The molecule has 2 aliphatic rings. The van der Waals surface area contributed by atoms with E-state index in [0.717, 1.165) is 46.1 Å². The lowest BCUT2D eigenvalue weighted by molar-refractivity contribution is 0.0626. The summed E-state index contributed by atoms with van der Waals surface area (Å²) in [6, 6.07) is 12.1. The van der Waals surface area contributed by atoms with Crippen LogP contribution >= 0.6 is 0 Å². The molecule has 9 heteroatoms. The van der Waals surface area contributed by atoms with Crippen molar-refractivity contribution in [3.05, 3.63) is 48.3 Å². The van der Waals surface area contributed by atoms with Gasteiger partial charge in [0.05, 0.1) is 56.1 Å². The van der Waals surface area contributed by atoms with Gasteiger partial charge in [0.15, 0.2) is 0 Å². The van der Waals surface area contributed by atoms with Crippen molar-refractivity contribution in [3.63, 3.8) is 0 Å². The second kappa shape index (κ2) is 10.1. The maximum atomic E-state index is 9.71. The SMILES string of the molecule is COc1cc(OC)cc(N(CC2CC2)c2ccc3ncc(C4C=NN(CC(O)CO)C4)nc3c2)c1. The lowest BCUT2D eigenvalue weighted by Crippen LogP contribution is -2.30. The van der Waals surface area contributed by atoms with E-state index < -0.39 is 6.10 Å². The number of aliphatic hydroxyl groups is 2. The number of fused-ring (bicyclic) bond motifs is 1. The highest BCUT2D eigenvalue weighted by molar-refractivity contribution is 5.82. The molecule has 2 N–H and O–H groups in total. The van der Waals surface area contributed by atoms with Gasteiger partial charge < -0.3 is 24.6 Å². The molecule has 0 radical (unpaired) electrons. The van der Waals surface area contributed by atoms with Gasteiger partial charge >= 0.3 is 0 Å². The molecule has 9 nitrogen and oxygen atoms in total. The number of benzene rings is 2. The standard InChI is InChI=1S/C26H31N5O4/c1-34-22-7-20(8-23(10-22)35-2)31(13-17-3-4-17)19-5-6-24-25(9-19)29-26(12-27-24)18-11-28-30(14-18)15-21(33)16-32/h5-12,17-18,21,32-33H,3-4,13-16H2,1-2H3. The fraction of sp³-hybridized carbons (Fsp3) is 0.423. The van der Waals surface area contributed by atoms with Gasteiger partial charge in [0.1, 0.15) is 11.5 Å². The van der Waals surface area contributed by atoms with E-state index in [-0.39, 0.29) is 19.1 Å². The van der Waals surface area contributed by atoms with Gasteiger partial charge in [0.25, 0.3) is 0 Å². The van der Waals surface area contributed by atoms with Crippen LogP contribution in [0.25, 0.3) is 11.0 Å². The number of hydrogen-bond acceptors (Lipinski definition) is 9. The zero-order valence-electron chi connectivity index (χ0n) is 20.0. The number of anilines is 2. The Hall–Kier alpha value is -3.43. The monoisotopic (exact) mass is 477 g/mol. The van der Waals surface area contributed by atoms with Gasteiger partial charge in [0.2, 0.25) is 0 Å². The number of ether oxygens (including phenoxy) is 2. The number of rotatable bonds is 10. The first kappa shape index (κ1) is 23.3. The van der Waals surface area contributed by atoms with Crippen LogP contribution in [0.3, 0.4) is 0 Å². The minimum absolute atomic E-state index is 0.0216. The number of aliphatic hydroxyl groups excluding tert-OH is 2. The molecule has 184 valence electrons. The quantitative estimate of drug-likeness (QED) is 0.459. The molecule has 35 heavy (non-hydrogen) atoms. The molecule has 2 unspecified atom stereocenters. The molecule has 2 aromatic carbocycles. The molecule has 3 aromatic rings. The van der Waals surface area contributed by atoms with Crippen molar-refractivity contribution >= 4 is 28.6 Å². The van der Waals surface area contributed by atoms with Gasteiger partial charge in [-0.05, 0) is 37.0 Å². The summed E-state index contributed by atoms with van der Waals surface area (Å²) in [6.45, 7) is 1.50. The number of methoxy groups -OCH3 is 2. The van der Waals surface area contributed by atoms with Crippen LogP contribution in [0.4, 0.5) is 11.4 Å². The molecule has 1 saturated carbocycles. The Morgan fingerprint density at radius 2 is 1.83 bits per heavy atom. The second-order valence-corrected chi connectivity index (χ2v) is 9.17. The lowest BCUT2D eigenvalue weighted by atomic mass is 10.1. The Morgan fingerprint density at radius 3 is 2.51 bits per heavy atom. The van der Waals surface area contributed by atoms with Crippen LogP contribution < -0.4 is 14.4 Å². The number of hydrogen-bond donors (Lipinski definition) is 2. The van der Waals surface area contributed by atoms with Gasteiger partial charge in [0, 0.05) is 55.1 Å². The summed E-state index contributed by atoms with van der Waals surface area (Å²) < 4.78 is 11.0. The molecule has 5 rings (SSSR count). The zero-order valence-corrected chi connectivity index (χ0v) is 20.0. The minimum Gasteiger partial charge on any atom is -0.497 e. The third-order valence-electron chi connectivity index (χ3n) is 6.47. The molecule has 2 heterocycles. The van der Waals surface area contributed by atoms with Crippen LogP contribution in [-0.2, 0) is 0 Å². The Morgan fingerprint density at radius 1 is 1.06 bits per heavy atom. The van der Waals surface area contributed by atoms with Gasteiger partial charge in [-0.15, -0.1) is 0 Å². The van der Waals surface area contributed by atoms with Crippen molar-refractivity contribution in [2.24, 2.45) is 11.0 Å². The highest BCUT2D eigenvalue weighted by atomic mass is 16.5. The van der Waals surface area contributed by atoms with Crippen molar-refractivity contribution in [2.75, 3.05) is 45.4 Å². The topological polar surface area (TPSA) is 104 Å². The van der Waals surface area contributed by atoms with Crippen LogP contribution in [0.15, 0.2) is 47.7 Å². The first-order chi connectivity index (χ1) is 17.1. The van der Waals surface area contributed by atoms with E-state index in [1.165, 1.54) is 12.8 Å². The van der Waals surface area contributed by atoms with Crippen molar-refractivity contribution in [3.8, 4) is 11.5 Å². The molecule has 1 aliphatic carbocycles. The largest absolute Gasteiger partial charge is 0.497 e. The van der Waals surface area contributed by atoms with Gasteiger partial charge in [-0.2, -0.15) is 5.10 Å². The van der Waals surface area contributed by atoms with Crippen LogP contribution in [0.1, 0.15) is 24.5 Å². The number of aromatic nitrogens is 2. The summed E-state index contributed by atoms with van der Waals surface area (Å²) >= 11 is 0. The third-order valence-corrected chi connectivity index (χ3v) is 6.47. The molecule has 1 aromatic heterocycles. The second-order valence-electron chi connectivity index (χ2n) is 9.17. The van der Waals surface area contributed by atoms with Crippen LogP contribution in [0, 0.1) is 5.92 Å². The smallest absolute Gasteiger partial charge is 0.124 e. The van der Waals surface area contributed by atoms with E-state index in [0.29, 0.717) is 12.5 Å². The molecule has 0 bridgehead atoms. The van der Waals surface area contributed by atoms with Gasteiger partial charge in [-0.1, -0.05) is 0 Å². The first-order valence-electron chi connectivity index (χ1n) is 11.9. The average Bonchev–Trinajstić information content (AvgIpc) is 3.61. The fourth-order valence-electron chi connectivity index (χ4n) is 4.32. The fourth-order valence-corrected chi connectivity index (χ4v) is 4.32. The Balaban J connectivity index is 1.45. The van der Waals surface area contributed by atoms with Crippen molar-refractivity contribution in [1.29, 1.82) is 0 Å². The molecule has 1 fully saturated rings. The summed E-state index contributed by atoms with van der Waals surface area (Å²) in [5, 5.41) is 24.9. The van der Waals surface area contributed by atoms with E-state index in [1.54, 1.807) is 25.4 Å². The number of β-amino-alcohol motifs (C(OH)–C–C–N with tert-alkyl or cyclic N) is 1. The maximum Gasteiger partial charge on any atom is 0.124 e. The van der Waals surface area contributed by atoms with Crippen LogP contribution in [-0.4, -0.2) is 78.0 Å². The van der Waals surface area contributed by atoms with E-state index in [1.807, 2.05) is 30.5 Å². The lowest BCUT2D eigenvalue weighted by Gasteiger charge is -2.26. The zero-order chi connectivity index (χ0) is 24.4. The molecular formula is C26H31N5O4. The highest BCUT2D eigenvalue weighted by Gasteiger charge is 2.27. The normalized spacial score (nSPS) is 18.2. The molecule has 1 aliphatic heterocycles. The minimum atomic E-state index is -0.816. The van der Waals surface area contributed by atoms with E-state index in [2.05, 4.69) is 27.1 Å². The summed E-state index contributed by atoms with van der Waals surface area (Å²) in [6.07, 6.45) is 5.27. The predicted molar refractivity (Wildman–Crippen MR) is 135 cm³/mol. The van der Waals surface area contributed by atoms with E-state index in [9.17, 15) is 5.11 Å². The Kier molecular flexibility index (Phi) is 6.70. The summed E-state index contributed by atoms with van der Waals surface area (Å²) in [4.78, 5) is 11.9. The predicted octanol–water partition coefficient (Wildman–Crippen LogP) is 2.93. The van der Waals surface area contributed by atoms with Crippen molar-refractivity contribution in [2.45, 2.75) is 24.9 Å². The third kappa shape index (κ3) is 5.31. The molecule has 0 spiro atoms. The molecular weight excluding hydrogens is 446 g/mol. The van der Waals surface area contributed by atoms with E-state index in [4.69, 9.17) is 19.6 Å². The molecule has 0 amide bonds. The van der Waals surface area contributed by atoms with Gasteiger partial charge in [-0.3, -0.25) is 9.99 Å². The van der Waals surface area contributed by atoms with Crippen LogP contribution in [0.2, 0.25) is 0 Å². The van der Waals surface area contributed by atoms with Crippen LogP contribution in [0.5, 0.6) is 11.5 Å². The van der Waals surface area contributed by atoms with E-state index >= 15 is 0 Å². The van der Waals surface area contributed by atoms with Crippen molar-refractivity contribution in [1.82, 2.24) is 15.0 Å². The summed E-state index contributed by atoms with van der Waals surface area (Å²) in [7, 11) is 3.32. The maximum absolute atomic E-state index is 9.71. The summed E-state index contributed by atoms with van der Waals surface area (Å²) in [5.41, 5.74) is 4.53. The van der Waals surface area contributed by atoms with Crippen molar-refractivity contribution < 1.29 is 19.7 Å². The number of hydrazone groups is 1. The van der Waals surface area contributed by atoms with Gasteiger partial charge in [-0.25, -0.2) is 4.98 Å². The highest BCUT2D eigenvalue weighted by Crippen LogP contribution is 2.38. The molecule has 2 atom stereocenters. The first-order valence-corrected chi connectivity index (χ1v) is 11.9. The Labute approximate surface area is 204 Å². The molecule has 0 saturated heterocycles. The Bertz CT molecular complexity index is 1190. The average molecular weight is 478 g/mol. The number of nitrogens with zero attached hydrogens (tertiary/aromatic N) is 5.